The number of hydrogen-bond donors (Lipinski definition) is 2. The zero-order valence-corrected chi connectivity index (χ0v) is 11.6. The molecule has 2 rings (SSSR count). The van der Waals surface area contributed by atoms with E-state index in [4.69, 9.17) is 22.6 Å². The van der Waals surface area contributed by atoms with Crippen LogP contribution >= 0.6 is 11.6 Å². The highest BCUT2D eigenvalue weighted by atomic mass is 35.5. The summed E-state index contributed by atoms with van der Waals surface area (Å²) in [4.78, 5) is 12.0. The molecule has 1 aromatic carbocycles. The Morgan fingerprint density at radius 2 is 2.10 bits per heavy atom. The summed E-state index contributed by atoms with van der Waals surface area (Å²) in [6.07, 6.45) is 0. The fourth-order valence-electron chi connectivity index (χ4n) is 1.84. The van der Waals surface area contributed by atoms with Crippen molar-refractivity contribution in [3.8, 4) is 6.07 Å². The molecule has 0 atom stereocenters. The van der Waals surface area contributed by atoms with Gasteiger partial charge in [-0.15, -0.1) is 0 Å². The Hall–Kier alpha value is -2.45. The van der Waals surface area contributed by atoms with E-state index in [1.807, 2.05) is 6.07 Å². The molecule has 0 unspecified atom stereocenters. The lowest BCUT2D eigenvalue weighted by atomic mass is 10.3. The van der Waals surface area contributed by atoms with Crippen LogP contribution in [0.4, 0.5) is 11.4 Å². The number of rotatable bonds is 3. The minimum absolute atomic E-state index is 0.0363. The number of carbonyl (C=O) groups is 1. The molecular formula is C14H13ClN4O. The predicted molar refractivity (Wildman–Crippen MR) is 78.4 cm³/mol. The molecule has 102 valence electrons. The number of hydrogen-bond acceptors (Lipinski definition) is 3. The topological polar surface area (TPSA) is 83.8 Å². The maximum atomic E-state index is 12.0. The van der Waals surface area contributed by atoms with Gasteiger partial charge in [-0.3, -0.25) is 4.79 Å². The van der Waals surface area contributed by atoms with Crippen molar-refractivity contribution in [2.75, 3.05) is 11.1 Å². The highest BCUT2D eigenvalue weighted by molar-refractivity contribution is 6.30. The second kappa shape index (κ2) is 5.68. The third-order valence-corrected chi connectivity index (χ3v) is 3.20. The number of nitriles is 1. The van der Waals surface area contributed by atoms with E-state index in [9.17, 15) is 4.79 Å². The third-order valence-electron chi connectivity index (χ3n) is 2.95. The molecule has 2 aromatic rings. The molecule has 5 nitrogen and oxygen atoms in total. The van der Waals surface area contributed by atoms with E-state index in [0.29, 0.717) is 27.8 Å². The van der Waals surface area contributed by atoms with Crippen LogP contribution in [0.5, 0.6) is 0 Å². The molecule has 0 aliphatic rings. The normalized spacial score (nSPS) is 10.1. The van der Waals surface area contributed by atoms with Crippen LogP contribution in [0.25, 0.3) is 0 Å². The fourth-order valence-corrected chi connectivity index (χ4v) is 1.97. The van der Waals surface area contributed by atoms with Gasteiger partial charge in [-0.05, 0) is 37.3 Å². The van der Waals surface area contributed by atoms with Gasteiger partial charge in [-0.1, -0.05) is 11.6 Å². The number of nitrogens with zero attached hydrogens (tertiary/aromatic N) is 2. The zero-order chi connectivity index (χ0) is 14.7. The fraction of sp³-hybridized carbons (Fsp3) is 0.143. The number of halogens is 1. The first-order valence-corrected chi connectivity index (χ1v) is 6.30. The number of amides is 1. The van der Waals surface area contributed by atoms with Gasteiger partial charge >= 0.3 is 0 Å². The number of aromatic nitrogens is 1. The summed E-state index contributed by atoms with van der Waals surface area (Å²) in [5.74, 6) is -0.234. The largest absolute Gasteiger partial charge is 0.397 e. The van der Waals surface area contributed by atoms with Crippen LogP contribution in [0.1, 0.15) is 11.4 Å². The van der Waals surface area contributed by atoms with Crippen molar-refractivity contribution in [1.82, 2.24) is 4.57 Å². The maximum absolute atomic E-state index is 12.0. The van der Waals surface area contributed by atoms with Gasteiger partial charge in [0, 0.05) is 16.4 Å². The summed E-state index contributed by atoms with van der Waals surface area (Å²) in [7, 11) is 0. The summed E-state index contributed by atoms with van der Waals surface area (Å²) >= 11 is 5.77. The molecular weight excluding hydrogens is 276 g/mol. The Balaban J connectivity index is 2.13. The van der Waals surface area contributed by atoms with Crippen molar-refractivity contribution in [3.05, 3.63) is 46.7 Å². The second-order valence-electron chi connectivity index (χ2n) is 4.32. The first kappa shape index (κ1) is 14.0. The molecule has 0 radical (unpaired) electrons. The van der Waals surface area contributed by atoms with Gasteiger partial charge in [-0.2, -0.15) is 5.26 Å². The molecule has 6 heteroatoms. The van der Waals surface area contributed by atoms with Crippen LogP contribution in [-0.4, -0.2) is 10.5 Å². The molecule has 0 fully saturated rings. The molecule has 1 amide bonds. The Labute approximate surface area is 121 Å². The maximum Gasteiger partial charge on any atom is 0.244 e. The van der Waals surface area contributed by atoms with E-state index in [0.717, 1.165) is 0 Å². The molecule has 0 spiro atoms. The lowest BCUT2D eigenvalue weighted by molar-refractivity contribution is -0.116. The van der Waals surface area contributed by atoms with Gasteiger partial charge in [0.05, 0.1) is 5.69 Å². The molecule has 0 aliphatic carbocycles. The standard InChI is InChI=1S/C14H13ClN4O/c1-9-13(17)6-12(7-16)19(9)8-14(20)18-11-4-2-10(15)3-5-11/h2-6H,8,17H2,1H3,(H,18,20). The average Bonchev–Trinajstić information content (AvgIpc) is 2.69. The molecule has 20 heavy (non-hydrogen) atoms. The first-order chi connectivity index (χ1) is 9.51. The van der Waals surface area contributed by atoms with Crippen molar-refractivity contribution < 1.29 is 4.79 Å². The number of nitrogens with two attached hydrogens (primary N) is 1. The average molecular weight is 289 g/mol. The highest BCUT2D eigenvalue weighted by Crippen LogP contribution is 2.17. The van der Waals surface area contributed by atoms with Gasteiger partial charge in [0.25, 0.3) is 0 Å². The van der Waals surface area contributed by atoms with E-state index in [1.54, 1.807) is 41.8 Å². The molecule has 0 saturated carbocycles. The van der Waals surface area contributed by atoms with E-state index >= 15 is 0 Å². The zero-order valence-electron chi connectivity index (χ0n) is 10.9. The number of nitrogen functional groups attached to an aromatic ring is 1. The summed E-state index contributed by atoms with van der Waals surface area (Å²) < 4.78 is 1.58. The predicted octanol–water partition coefficient (Wildman–Crippen LogP) is 2.54. The van der Waals surface area contributed by atoms with Crippen molar-refractivity contribution in [2.45, 2.75) is 13.5 Å². The third kappa shape index (κ3) is 2.92. The second-order valence-corrected chi connectivity index (χ2v) is 4.76. The minimum Gasteiger partial charge on any atom is -0.397 e. The van der Waals surface area contributed by atoms with Gasteiger partial charge in [-0.25, -0.2) is 0 Å². The van der Waals surface area contributed by atoms with Crippen molar-refractivity contribution in [2.24, 2.45) is 0 Å². The van der Waals surface area contributed by atoms with Gasteiger partial charge < -0.3 is 15.6 Å². The lowest BCUT2D eigenvalue weighted by Gasteiger charge is -2.09. The SMILES string of the molecule is Cc1c(N)cc(C#N)n1CC(=O)Nc1ccc(Cl)cc1. The summed E-state index contributed by atoms with van der Waals surface area (Å²) in [5, 5.41) is 12.4. The van der Waals surface area contributed by atoms with Crippen LogP contribution in [-0.2, 0) is 11.3 Å². The van der Waals surface area contributed by atoms with Gasteiger partial charge in [0.1, 0.15) is 18.3 Å². The molecule has 3 N–H and O–H groups in total. The van der Waals surface area contributed by atoms with E-state index in [1.165, 1.54) is 0 Å². The van der Waals surface area contributed by atoms with Crippen LogP contribution in [0, 0.1) is 18.3 Å². The molecule has 1 aromatic heterocycles. The van der Waals surface area contributed by atoms with Gasteiger partial charge in [0.2, 0.25) is 5.91 Å². The molecule has 1 heterocycles. The number of carbonyl (C=O) groups excluding carboxylic acids is 1. The molecule has 0 bridgehead atoms. The van der Waals surface area contributed by atoms with Crippen LogP contribution in [0.3, 0.4) is 0 Å². The molecule has 0 saturated heterocycles. The van der Waals surface area contributed by atoms with Crippen LogP contribution < -0.4 is 11.1 Å². The van der Waals surface area contributed by atoms with E-state index in [-0.39, 0.29) is 12.5 Å². The number of nitrogens with one attached hydrogen (secondary N) is 1. The number of anilines is 2. The summed E-state index contributed by atoms with van der Waals surface area (Å²) in [6, 6.07) is 10.4. The quantitative estimate of drug-likeness (QED) is 0.910. The Morgan fingerprint density at radius 1 is 1.45 bits per heavy atom. The number of benzene rings is 1. The Bertz CT molecular complexity index is 682. The van der Waals surface area contributed by atoms with Crippen molar-refractivity contribution >= 4 is 28.9 Å². The Kier molecular flexibility index (Phi) is 3.97. The highest BCUT2D eigenvalue weighted by Gasteiger charge is 2.12. The monoisotopic (exact) mass is 288 g/mol. The van der Waals surface area contributed by atoms with E-state index in [2.05, 4.69) is 5.32 Å². The van der Waals surface area contributed by atoms with Crippen LogP contribution in [0.2, 0.25) is 5.02 Å². The van der Waals surface area contributed by atoms with Crippen molar-refractivity contribution in [1.29, 1.82) is 5.26 Å². The molecule has 0 aliphatic heterocycles. The summed E-state index contributed by atoms with van der Waals surface area (Å²) in [6.45, 7) is 1.81. The Morgan fingerprint density at radius 3 is 2.70 bits per heavy atom. The van der Waals surface area contributed by atoms with E-state index < -0.39 is 0 Å². The first-order valence-electron chi connectivity index (χ1n) is 5.92. The minimum atomic E-state index is -0.234. The lowest BCUT2D eigenvalue weighted by Crippen LogP contribution is -2.20. The summed E-state index contributed by atoms with van der Waals surface area (Å²) in [5.41, 5.74) is 7.96. The van der Waals surface area contributed by atoms with Crippen molar-refractivity contribution in [3.63, 3.8) is 0 Å². The van der Waals surface area contributed by atoms with Gasteiger partial charge in [0.15, 0.2) is 0 Å². The van der Waals surface area contributed by atoms with Crippen LogP contribution in [0.15, 0.2) is 30.3 Å². The smallest absolute Gasteiger partial charge is 0.244 e.